The van der Waals surface area contributed by atoms with E-state index in [0.717, 1.165) is 11.1 Å². The summed E-state index contributed by atoms with van der Waals surface area (Å²) in [6.07, 6.45) is -1.25. The Labute approximate surface area is 185 Å². The molecule has 4 nitrogen and oxygen atoms in total. The van der Waals surface area contributed by atoms with Crippen molar-refractivity contribution in [3.8, 4) is 0 Å². The number of carbonyl (C=O) groups excluding carboxylic acids is 2. The molecule has 0 saturated heterocycles. The molecule has 1 N–H and O–H groups in total. The van der Waals surface area contributed by atoms with Crippen LogP contribution in [-0.4, -0.2) is 11.9 Å². The van der Waals surface area contributed by atoms with Crippen molar-refractivity contribution in [3.05, 3.63) is 99.0 Å². The lowest BCUT2D eigenvalue weighted by Gasteiger charge is -2.19. The molecule has 0 spiro atoms. The number of esters is 1. The normalized spacial score (nSPS) is 11.6. The minimum absolute atomic E-state index is 0.140. The Morgan fingerprint density at radius 3 is 2.27 bits per heavy atom. The van der Waals surface area contributed by atoms with Crippen LogP contribution in [0.15, 0.2) is 66.7 Å². The zero-order chi connectivity index (χ0) is 21.7. The van der Waals surface area contributed by atoms with Gasteiger partial charge < -0.3 is 10.1 Å². The number of aryl methyl sites for hydroxylation is 2. The fourth-order valence-corrected chi connectivity index (χ4v) is 3.52. The molecule has 0 bridgehead atoms. The van der Waals surface area contributed by atoms with E-state index in [-0.39, 0.29) is 6.42 Å². The van der Waals surface area contributed by atoms with Crippen LogP contribution in [0, 0.1) is 13.8 Å². The molecule has 1 atom stereocenters. The number of hydrogen-bond donors (Lipinski definition) is 1. The summed E-state index contributed by atoms with van der Waals surface area (Å²) in [5, 5.41) is 3.62. The van der Waals surface area contributed by atoms with E-state index in [1.165, 1.54) is 0 Å². The van der Waals surface area contributed by atoms with Gasteiger partial charge in [0, 0.05) is 26.9 Å². The van der Waals surface area contributed by atoms with E-state index in [4.69, 9.17) is 27.9 Å². The molecule has 1 unspecified atom stereocenters. The number of hydrogen-bond acceptors (Lipinski definition) is 3. The fraction of sp³-hybridized carbons (Fsp3) is 0.167. The van der Waals surface area contributed by atoms with Crippen LogP contribution in [0.1, 0.15) is 28.4 Å². The van der Waals surface area contributed by atoms with E-state index < -0.39 is 18.0 Å². The predicted octanol–water partition coefficient (Wildman–Crippen LogP) is 6.08. The maximum absolute atomic E-state index is 13.1. The highest BCUT2D eigenvalue weighted by Crippen LogP contribution is 2.27. The molecule has 0 fully saturated rings. The summed E-state index contributed by atoms with van der Waals surface area (Å²) in [6, 6.07) is 19.6. The molecule has 0 aliphatic rings. The fourth-order valence-electron chi connectivity index (χ4n) is 2.99. The average molecular weight is 442 g/mol. The Kier molecular flexibility index (Phi) is 7.14. The van der Waals surface area contributed by atoms with Crippen LogP contribution in [-0.2, 0) is 20.7 Å². The van der Waals surface area contributed by atoms with Gasteiger partial charge in [-0.25, -0.2) is 0 Å². The average Bonchev–Trinajstić information content (AvgIpc) is 2.72. The summed E-state index contributed by atoms with van der Waals surface area (Å²) < 4.78 is 5.59. The molecular formula is C24H21Cl2NO3. The lowest BCUT2D eigenvalue weighted by Crippen LogP contribution is -2.27. The molecule has 30 heavy (non-hydrogen) atoms. The van der Waals surface area contributed by atoms with Gasteiger partial charge in [-0.15, -0.1) is 0 Å². The van der Waals surface area contributed by atoms with Crippen LogP contribution in [0.5, 0.6) is 0 Å². The lowest BCUT2D eigenvalue weighted by atomic mass is 10.1. The van der Waals surface area contributed by atoms with E-state index in [1.807, 2.05) is 38.1 Å². The molecule has 0 aromatic heterocycles. The standard InChI is InChI=1S/C24H21Cl2NO3/c1-15-11-12-16(2)21(13-15)27-24(29)23(17-7-4-3-5-8-17)30-22(28)14-18-19(25)9-6-10-20(18)26/h3-13,23H,14H2,1-2H3,(H,27,29). The predicted molar refractivity (Wildman–Crippen MR) is 120 cm³/mol. The van der Waals surface area contributed by atoms with Crippen molar-refractivity contribution in [2.75, 3.05) is 5.32 Å². The third-order valence-corrected chi connectivity index (χ3v) is 5.33. The molecule has 154 valence electrons. The lowest BCUT2D eigenvalue weighted by molar-refractivity contribution is -0.154. The molecule has 6 heteroatoms. The number of amides is 1. The van der Waals surface area contributed by atoms with Gasteiger partial charge in [0.05, 0.1) is 6.42 Å². The summed E-state index contributed by atoms with van der Waals surface area (Å²) >= 11 is 12.3. The second kappa shape index (κ2) is 9.79. The van der Waals surface area contributed by atoms with Crippen molar-refractivity contribution < 1.29 is 14.3 Å². The van der Waals surface area contributed by atoms with Gasteiger partial charge in [-0.2, -0.15) is 0 Å². The highest BCUT2D eigenvalue weighted by Gasteiger charge is 2.26. The number of anilines is 1. The molecule has 0 aliphatic carbocycles. The van der Waals surface area contributed by atoms with E-state index in [9.17, 15) is 9.59 Å². The highest BCUT2D eigenvalue weighted by molar-refractivity contribution is 6.36. The van der Waals surface area contributed by atoms with Gasteiger partial charge in [0.1, 0.15) is 0 Å². The number of benzene rings is 3. The SMILES string of the molecule is Cc1ccc(C)c(NC(=O)C(OC(=O)Cc2c(Cl)cccc2Cl)c2ccccc2)c1. The Hall–Kier alpha value is -2.82. The number of nitrogens with one attached hydrogen (secondary N) is 1. The summed E-state index contributed by atoms with van der Waals surface area (Å²) in [4.78, 5) is 25.7. The smallest absolute Gasteiger partial charge is 0.311 e. The van der Waals surface area contributed by atoms with Gasteiger partial charge in [-0.1, -0.05) is 71.7 Å². The molecule has 0 saturated carbocycles. The van der Waals surface area contributed by atoms with Crippen molar-refractivity contribution in [3.63, 3.8) is 0 Å². The Bertz CT molecular complexity index is 1050. The van der Waals surface area contributed by atoms with Crippen LogP contribution in [0.2, 0.25) is 10.0 Å². The van der Waals surface area contributed by atoms with Crippen LogP contribution in [0.4, 0.5) is 5.69 Å². The van der Waals surface area contributed by atoms with Crippen molar-refractivity contribution in [1.29, 1.82) is 0 Å². The van der Waals surface area contributed by atoms with Crippen LogP contribution < -0.4 is 5.32 Å². The van der Waals surface area contributed by atoms with Gasteiger partial charge in [-0.05, 0) is 43.2 Å². The first kappa shape index (κ1) is 21.9. The van der Waals surface area contributed by atoms with Crippen molar-refractivity contribution in [2.45, 2.75) is 26.4 Å². The van der Waals surface area contributed by atoms with Crippen LogP contribution in [0.25, 0.3) is 0 Å². The molecule has 0 aliphatic heterocycles. The van der Waals surface area contributed by atoms with E-state index in [2.05, 4.69) is 5.32 Å². The number of rotatable bonds is 6. The largest absolute Gasteiger partial charge is 0.447 e. The zero-order valence-corrected chi connectivity index (χ0v) is 18.1. The second-order valence-corrected chi connectivity index (χ2v) is 7.78. The van der Waals surface area contributed by atoms with E-state index >= 15 is 0 Å². The second-order valence-electron chi connectivity index (χ2n) is 6.97. The maximum Gasteiger partial charge on any atom is 0.311 e. The number of ether oxygens (including phenoxy) is 1. The van der Waals surface area contributed by atoms with Gasteiger partial charge >= 0.3 is 5.97 Å². The summed E-state index contributed by atoms with van der Waals surface area (Å²) in [5.41, 5.74) is 3.63. The highest BCUT2D eigenvalue weighted by atomic mass is 35.5. The molecule has 3 aromatic carbocycles. The molecule has 3 aromatic rings. The first-order valence-corrected chi connectivity index (χ1v) is 10.2. The van der Waals surface area contributed by atoms with Crippen molar-refractivity contribution >= 4 is 40.8 Å². The quantitative estimate of drug-likeness (QED) is 0.471. The minimum Gasteiger partial charge on any atom is -0.447 e. The molecule has 0 heterocycles. The van der Waals surface area contributed by atoms with Gasteiger partial charge in [0.2, 0.25) is 6.10 Å². The topological polar surface area (TPSA) is 55.4 Å². The van der Waals surface area contributed by atoms with Gasteiger partial charge in [0.15, 0.2) is 0 Å². The molecule has 1 amide bonds. The molecular weight excluding hydrogens is 421 g/mol. The van der Waals surface area contributed by atoms with E-state index in [0.29, 0.717) is 26.9 Å². The van der Waals surface area contributed by atoms with Gasteiger partial charge in [0.25, 0.3) is 5.91 Å². The van der Waals surface area contributed by atoms with Crippen LogP contribution >= 0.6 is 23.2 Å². The van der Waals surface area contributed by atoms with E-state index in [1.54, 1.807) is 42.5 Å². The minimum atomic E-state index is -1.11. The molecule has 0 radical (unpaired) electrons. The van der Waals surface area contributed by atoms with Crippen LogP contribution in [0.3, 0.4) is 0 Å². The molecule has 3 rings (SSSR count). The summed E-state index contributed by atoms with van der Waals surface area (Å²) in [6.45, 7) is 3.84. The van der Waals surface area contributed by atoms with Gasteiger partial charge in [-0.3, -0.25) is 9.59 Å². The summed E-state index contributed by atoms with van der Waals surface area (Å²) in [7, 11) is 0. The Balaban J connectivity index is 1.83. The third-order valence-electron chi connectivity index (χ3n) is 4.62. The first-order chi connectivity index (χ1) is 14.3. The zero-order valence-electron chi connectivity index (χ0n) is 16.6. The van der Waals surface area contributed by atoms with Crippen molar-refractivity contribution in [1.82, 2.24) is 0 Å². The third kappa shape index (κ3) is 5.41. The van der Waals surface area contributed by atoms with Crippen molar-refractivity contribution in [2.24, 2.45) is 0 Å². The first-order valence-electron chi connectivity index (χ1n) is 9.40. The maximum atomic E-state index is 13.1. The number of halogens is 2. The Morgan fingerprint density at radius 2 is 1.60 bits per heavy atom. The Morgan fingerprint density at radius 1 is 0.933 bits per heavy atom. The summed E-state index contributed by atoms with van der Waals surface area (Å²) in [5.74, 6) is -1.04. The monoisotopic (exact) mass is 441 g/mol. The number of carbonyl (C=O) groups is 2.